The van der Waals surface area contributed by atoms with E-state index in [-0.39, 0.29) is 17.2 Å². The summed E-state index contributed by atoms with van der Waals surface area (Å²) in [6.07, 6.45) is 1.39. The number of benzene rings is 1. The number of hydrogen-bond acceptors (Lipinski definition) is 5. The van der Waals surface area contributed by atoms with Gasteiger partial charge in [-0.1, -0.05) is 29.8 Å². The zero-order valence-corrected chi connectivity index (χ0v) is 13.1. The van der Waals surface area contributed by atoms with Crippen LogP contribution in [-0.4, -0.2) is 22.5 Å². The summed E-state index contributed by atoms with van der Waals surface area (Å²) in [5, 5.41) is 0.201. The Morgan fingerprint density at radius 2 is 1.96 bits per heavy atom. The van der Waals surface area contributed by atoms with Gasteiger partial charge in [-0.3, -0.25) is 4.98 Å². The van der Waals surface area contributed by atoms with Crippen LogP contribution in [0.3, 0.4) is 0 Å². The maximum absolute atomic E-state index is 11.9. The zero-order valence-electron chi connectivity index (χ0n) is 12.3. The van der Waals surface area contributed by atoms with Crippen molar-refractivity contribution in [3.8, 4) is 11.6 Å². The van der Waals surface area contributed by atoms with Crippen molar-refractivity contribution in [1.82, 2.24) is 9.97 Å². The van der Waals surface area contributed by atoms with Crippen LogP contribution in [0.25, 0.3) is 11.0 Å². The van der Waals surface area contributed by atoms with Crippen LogP contribution in [0.2, 0.25) is 5.02 Å². The summed E-state index contributed by atoms with van der Waals surface area (Å²) in [4.78, 5) is 20.4. The van der Waals surface area contributed by atoms with Crippen molar-refractivity contribution >= 4 is 28.6 Å². The molecule has 3 aromatic rings. The van der Waals surface area contributed by atoms with Gasteiger partial charge in [0, 0.05) is 12.3 Å². The predicted octanol–water partition coefficient (Wildman–Crippen LogP) is 4.25. The molecule has 23 heavy (non-hydrogen) atoms. The number of carbonyl (C=O) groups is 1. The Labute approximate surface area is 137 Å². The summed E-state index contributed by atoms with van der Waals surface area (Å²) in [7, 11) is 0. The van der Waals surface area contributed by atoms with Crippen LogP contribution in [0.1, 0.15) is 17.3 Å². The van der Waals surface area contributed by atoms with Crippen molar-refractivity contribution in [1.29, 1.82) is 0 Å². The van der Waals surface area contributed by atoms with Gasteiger partial charge in [0.15, 0.2) is 0 Å². The van der Waals surface area contributed by atoms with Crippen LogP contribution in [0, 0.1) is 0 Å². The first-order valence-electron chi connectivity index (χ1n) is 7.04. The molecule has 0 aliphatic heterocycles. The van der Waals surface area contributed by atoms with Gasteiger partial charge in [-0.05, 0) is 25.1 Å². The molecule has 0 bridgehead atoms. The molecule has 0 radical (unpaired) electrons. The highest BCUT2D eigenvalue weighted by molar-refractivity contribution is 6.37. The number of carbonyl (C=O) groups excluding carboxylic acids is 1. The largest absolute Gasteiger partial charge is 0.462 e. The monoisotopic (exact) mass is 328 g/mol. The summed E-state index contributed by atoms with van der Waals surface area (Å²) in [6, 6.07) is 12.7. The second-order valence-electron chi connectivity index (χ2n) is 4.64. The Morgan fingerprint density at radius 3 is 2.70 bits per heavy atom. The van der Waals surface area contributed by atoms with Crippen molar-refractivity contribution < 1.29 is 14.3 Å². The normalized spacial score (nSPS) is 10.5. The molecule has 1 aromatic carbocycles. The van der Waals surface area contributed by atoms with E-state index in [9.17, 15) is 4.79 Å². The van der Waals surface area contributed by atoms with Gasteiger partial charge in [0.2, 0.25) is 5.88 Å². The molecule has 0 aliphatic carbocycles. The molecule has 0 amide bonds. The fourth-order valence-electron chi connectivity index (χ4n) is 2.04. The molecule has 116 valence electrons. The van der Waals surface area contributed by atoms with Gasteiger partial charge in [0.05, 0.1) is 22.7 Å². The Hall–Kier alpha value is -2.66. The second kappa shape index (κ2) is 6.62. The molecule has 0 atom stereocenters. The summed E-state index contributed by atoms with van der Waals surface area (Å²) in [6.45, 7) is 1.99. The number of aromatic nitrogens is 2. The van der Waals surface area contributed by atoms with E-state index in [1.54, 1.807) is 19.1 Å². The minimum absolute atomic E-state index is 0.186. The van der Waals surface area contributed by atoms with E-state index >= 15 is 0 Å². The third-order valence-corrected chi connectivity index (χ3v) is 3.47. The molecule has 0 saturated carbocycles. The van der Waals surface area contributed by atoms with Gasteiger partial charge >= 0.3 is 5.97 Å². The number of hydrogen-bond donors (Lipinski definition) is 0. The molecule has 0 N–H and O–H groups in total. The first-order chi connectivity index (χ1) is 11.2. The Bertz CT molecular complexity index is 853. The molecule has 0 saturated heterocycles. The lowest BCUT2D eigenvalue weighted by molar-refractivity contribution is 0.0526. The highest BCUT2D eigenvalue weighted by Crippen LogP contribution is 2.28. The lowest BCUT2D eigenvalue weighted by Crippen LogP contribution is -2.06. The van der Waals surface area contributed by atoms with Crippen LogP contribution >= 0.6 is 11.6 Å². The van der Waals surface area contributed by atoms with Crippen LogP contribution in [0.4, 0.5) is 0 Å². The quantitative estimate of drug-likeness (QED) is 0.670. The summed E-state index contributed by atoms with van der Waals surface area (Å²) >= 11 is 6.29. The lowest BCUT2D eigenvalue weighted by Gasteiger charge is -2.08. The van der Waals surface area contributed by atoms with E-state index in [1.807, 2.05) is 30.3 Å². The molecular formula is C17H13ClN2O3. The number of rotatable bonds is 4. The fraction of sp³-hybridized carbons (Fsp3) is 0.118. The lowest BCUT2D eigenvalue weighted by atomic mass is 10.2. The number of nitrogens with zero attached hydrogens (tertiary/aromatic N) is 2. The van der Waals surface area contributed by atoms with Crippen LogP contribution < -0.4 is 4.74 Å². The van der Waals surface area contributed by atoms with Crippen LogP contribution in [0.5, 0.6) is 11.6 Å². The predicted molar refractivity (Wildman–Crippen MR) is 87.0 cm³/mol. The number of esters is 1. The number of pyridine rings is 2. The van der Waals surface area contributed by atoms with E-state index in [0.717, 1.165) is 0 Å². The average molecular weight is 329 g/mol. The first-order valence-corrected chi connectivity index (χ1v) is 7.42. The van der Waals surface area contributed by atoms with E-state index in [0.29, 0.717) is 22.7 Å². The standard InChI is InChI=1S/C17H13ClN2O3/c1-2-22-17(21)12-10-19-13-8-9-14(20-16(13)15(12)18)23-11-6-4-3-5-7-11/h3-10H,2H2,1H3. The third-order valence-electron chi connectivity index (χ3n) is 3.09. The average Bonchev–Trinajstić information content (AvgIpc) is 2.57. The second-order valence-corrected chi connectivity index (χ2v) is 5.02. The van der Waals surface area contributed by atoms with Gasteiger partial charge in [0.1, 0.15) is 11.3 Å². The Morgan fingerprint density at radius 1 is 1.17 bits per heavy atom. The minimum atomic E-state index is -0.525. The Balaban J connectivity index is 2.00. The molecule has 0 aliphatic rings. The van der Waals surface area contributed by atoms with Gasteiger partial charge in [-0.25, -0.2) is 9.78 Å². The molecule has 5 nitrogen and oxygen atoms in total. The maximum Gasteiger partial charge on any atom is 0.341 e. The molecule has 2 heterocycles. The highest BCUT2D eigenvalue weighted by atomic mass is 35.5. The number of ether oxygens (including phenoxy) is 2. The SMILES string of the molecule is CCOC(=O)c1cnc2ccc(Oc3ccccc3)nc2c1Cl. The van der Waals surface area contributed by atoms with Gasteiger partial charge in [-0.15, -0.1) is 0 Å². The topological polar surface area (TPSA) is 61.3 Å². The first kappa shape index (κ1) is 15.2. The number of para-hydroxylation sites is 1. The van der Waals surface area contributed by atoms with Crippen LogP contribution in [0.15, 0.2) is 48.7 Å². The number of halogens is 1. The minimum Gasteiger partial charge on any atom is -0.462 e. The number of fused-ring (bicyclic) bond motifs is 1. The third kappa shape index (κ3) is 3.24. The Kier molecular flexibility index (Phi) is 4.39. The van der Waals surface area contributed by atoms with Crippen molar-refractivity contribution in [2.24, 2.45) is 0 Å². The molecule has 6 heteroatoms. The van der Waals surface area contributed by atoms with Crippen molar-refractivity contribution in [2.45, 2.75) is 6.92 Å². The molecular weight excluding hydrogens is 316 g/mol. The zero-order chi connectivity index (χ0) is 16.2. The van der Waals surface area contributed by atoms with Crippen molar-refractivity contribution in [3.05, 3.63) is 59.2 Å². The molecule has 3 rings (SSSR count). The molecule has 0 unspecified atom stereocenters. The summed E-state index contributed by atoms with van der Waals surface area (Å²) in [5.74, 6) is 0.501. The van der Waals surface area contributed by atoms with Gasteiger partial charge in [-0.2, -0.15) is 0 Å². The summed E-state index contributed by atoms with van der Waals surface area (Å²) in [5.41, 5.74) is 1.15. The maximum atomic E-state index is 11.9. The highest BCUT2D eigenvalue weighted by Gasteiger charge is 2.16. The smallest absolute Gasteiger partial charge is 0.341 e. The van der Waals surface area contributed by atoms with Crippen molar-refractivity contribution in [2.75, 3.05) is 6.61 Å². The van der Waals surface area contributed by atoms with E-state index in [2.05, 4.69) is 9.97 Å². The van der Waals surface area contributed by atoms with E-state index in [4.69, 9.17) is 21.1 Å². The van der Waals surface area contributed by atoms with Gasteiger partial charge < -0.3 is 9.47 Å². The van der Waals surface area contributed by atoms with Crippen molar-refractivity contribution in [3.63, 3.8) is 0 Å². The molecule has 0 spiro atoms. The van der Waals surface area contributed by atoms with Crippen LogP contribution in [-0.2, 0) is 4.74 Å². The molecule has 2 aromatic heterocycles. The van der Waals surface area contributed by atoms with Gasteiger partial charge in [0.25, 0.3) is 0 Å². The fourth-order valence-corrected chi connectivity index (χ4v) is 2.30. The van der Waals surface area contributed by atoms with E-state index < -0.39 is 5.97 Å². The summed E-state index contributed by atoms with van der Waals surface area (Å²) < 4.78 is 10.6. The molecule has 0 fully saturated rings. The van der Waals surface area contributed by atoms with E-state index in [1.165, 1.54) is 6.20 Å².